The van der Waals surface area contributed by atoms with Crippen molar-refractivity contribution < 1.29 is 48.0 Å². The number of aliphatic carboxylic acids is 2. The van der Waals surface area contributed by atoms with Crippen LogP contribution in [0, 0.1) is 19.7 Å². The Morgan fingerprint density at radius 3 is 1.83 bits per heavy atom. The zero-order valence-corrected chi connectivity index (χ0v) is 40.9. The molecule has 0 aliphatic carbocycles. The molecule has 7 aromatic rings. The number of nitrogens with zero attached hydrogens (tertiary/aromatic N) is 3. The van der Waals surface area contributed by atoms with E-state index in [2.05, 4.69) is 85.8 Å². The molecule has 0 aliphatic rings. The number of H-pyrrole nitrogens is 1. The molecule has 5 aromatic carbocycles. The monoisotopic (exact) mass is 966 g/mol. The molecule has 2 heterocycles. The van der Waals surface area contributed by atoms with Gasteiger partial charge in [-0.1, -0.05) is 74.4 Å². The number of esters is 2. The average Bonchev–Trinajstić information content (AvgIpc) is 3.98. The number of nitrogens with one attached hydrogen (secondary N) is 2. The van der Waals surface area contributed by atoms with Gasteiger partial charge in [0.1, 0.15) is 11.5 Å². The van der Waals surface area contributed by atoms with Crippen LogP contribution in [0.1, 0.15) is 98.6 Å². The van der Waals surface area contributed by atoms with Gasteiger partial charge in [0, 0.05) is 53.4 Å². The standard InChI is InChI=1S/C36H42FN5O.C20H18O8/c1-5-20-41-25-27(24-38-41)18-21-42(4,31-10-8-7-9-11-31)22-19-32-33-23-30(16-17-34(33)40-35(32)26(3)6-2)39-36(43)28-12-14-29(37)15-13-28;1-11-3-7-13(8-4-11)19(25)27-15(17(21)22)16(18(23)24)28-20(26)14-9-5-12(2)6-10-14/h7-17,23-26,40H,5-6,18-22H2,1-4H3;3-10,15-16H,1-2H3,(H,21,22)(H,23,24)/p+1. The number of carboxylic acids is 2. The second kappa shape index (κ2) is 24.1. The largest absolute Gasteiger partial charge is 0.478 e. The Bertz CT molecular complexity index is 2860. The Morgan fingerprint density at radius 2 is 1.30 bits per heavy atom. The molecule has 4 unspecified atom stereocenters. The number of aromatic nitrogens is 3. The van der Waals surface area contributed by atoms with Crippen molar-refractivity contribution >= 4 is 52.1 Å². The quantitative estimate of drug-likeness (QED) is 0.0422. The number of aryl methyl sites for hydroxylation is 3. The summed E-state index contributed by atoms with van der Waals surface area (Å²) in [6.07, 6.45) is 3.67. The molecule has 0 aliphatic heterocycles. The van der Waals surface area contributed by atoms with Crippen LogP contribution in [0.25, 0.3) is 10.9 Å². The van der Waals surface area contributed by atoms with Gasteiger partial charge in [-0.2, -0.15) is 5.10 Å². The van der Waals surface area contributed by atoms with Crippen molar-refractivity contribution in [2.45, 2.75) is 85.0 Å². The number of para-hydroxylation sites is 1. The summed E-state index contributed by atoms with van der Waals surface area (Å²) < 4.78 is 25.9. The molecule has 7 rings (SSSR count). The normalized spacial score (nSPS) is 13.2. The fraction of sp³-hybridized carbons (Fsp3) is 0.286. The third-order valence-electron chi connectivity index (χ3n) is 12.5. The van der Waals surface area contributed by atoms with Crippen molar-refractivity contribution in [1.82, 2.24) is 19.2 Å². The highest BCUT2D eigenvalue weighted by molar-refractivity contribution is 6.05. The number of amides is 1. The van der Waals surface area contributed by atoms with Gasteiger partial charge in [-0.05, 0) is 123 Å². The zero-order chi connectivity index (χ0) is 51.2. The van der Waals surface area contributed by atoms with Gasteiger partial charge in [-0.3, -0.25) is 14.0 Å². The average molecular weight is 967 g/mol. The molecule has 14 nitrogen and oxygen atoms in total. The van der Waals surface area contributed by atoms with Gasteiger partial charge in [-0.25, -0.2) is 23.6 Å². The molecule has 15 heteroatoms. The fourth-order valence-corrected chi connectivity index (χ4v) is 8.05. The molecule has 0 spiro atoms. The third kappa shape index (κ3) is 13.9. The van der Waals surface area contributed by atoms with E-state index in [0.29, 0.717) is 11.5 Å². The smallest absolute Gasteiger partial charge is 0.349 e. The Hall–Kier alpha value is -7.91. The van der Waals surface area contributed by atoms with Crippen molar-refractivity contribution in [3.63, 3.8) is 0 Å². The number of halogens is 1. The summed E-state index contributed by atoms with van der Waals surface area (Å²) in [6, 6.07) is 34.5. The SMILES string of the molecule is CCCn1cc(CC[N+](C)(CCc2c(C(C)CC)[nH]c3ccc(NC(=O)c4ccc(F)cc4)cc23)c2ccccc2)cn1.Cc1ccc(C(=O)OC(C(=O)O)C(OC(=O)c2ccc(C)cc2)C(=O)O)cc1. The van der Waals surface area contributed by atoms with Gasteiger partial charge >= 0.3 is 23.9 Å². The number of fused-ring (bicyclic) bond motifs is 1. The van der Waals surface area contributed by atoms with Crippen LogP contribution in [-0.2, 0) is 38.4 Å². The van der Waals surface area contributed by atoms with Gasteiger partial charge in [-0.15, -0.1) is 0 Å². The Balaban J connectivity index is 0.000000255. The number of ether oxygens (including phenoxy) is 2. The molecule has 4 atom stereocenters. The number of carboxylic acid groups (broad SMARTS) is 2. The highest BCUT2D eigenvalue weighted by Gasteiger charge is 2.41. The summed E-state index contributed by atoms with van der Waals surface area (Å²) in [5.41, 5.74) is 9.14. The number of hydrogen-bond acceptors (Lipinski definition) is 8. The zero-order valence-electron chi connectivity index (χ0n) is 40.9. The predicted octanol–water partition coefficient (Wildman–Crippen LogP) is 10.3. The van der Waals surface area contributed by atoms with Gasteiger partial charge < -0.3 is 30.0 Å². The second-order valence-corrected chi connectivity index (χ2v) is 17.9. The van der Waals surface area contributed by atoms with Crippen LogP contribution in [0.3, 0.4) is 0 Å². The number of rotatable bonds is 20. The Kier molecular flexibility index (Phi) is 17.8. The minimum Gasteiger partial charge on any atom is -0.478 e. The molecule has 0 saturated carbocycles. The lowest BCUT2D eigenvalue weighted by molar-refractivity contribution is -0.166. The molecule has 71 heavy (non-hydrogen) atoms. The minimum atomic E-state index is -2.22. The van der Waals surface area contributed by atoms with E-state index in [1.807, 2.05) is 23.0 Å². The van der Waals surface area contributed by atoms with Crippen molar-refractivity contribution in [2.24, 2.45) is 0 Å². The minimum absolute atomic E-state index is 0.0332. The molecular formula is C56H61FN5O9+. The molecule has 4 N–H and O–H groups in total. The first-order valence-electron chi connectivity index (χ1n) is 23.6. The molecule has 1 amide bonds. The van der Waals surface area contributed by atoms with Gasteiger partial charge in [0.25, 0.3) is 5.91 Å². The highest BCUT2D eigenvalue weighted by Crippen LogP contribution is 2.33. The first-order valence-corrected chi connectivity index (χ1v) is 23.6. The molecule has 0 radical (unpaired) electrons. The van der Waals surface area contributed by atoms with Crippen molar-refractivity contribution in [3.8, 4) is 0 Å². The van der Waals surface area contributed by atoms with E-state index >= 15 is 0 Å². The summed E-state index contributed by atoms with van der Waals surface area (Å²) >= 11 is 0. The molecule has 0 bridgehead atoms. The lowest BCUT2D eigenvalue weighted by Gasteiger charge is -2.34. The van der Waals surface area contributed by atoms with E-state index in [1.54, 1.807) is 38.1 Å². The summed E-state index contributed by atoms with van der Waals surface area (Å²) in [6.45, 7) is 13.1. The molecule has 0 saturated heterocycles. The molecular weight excluding hydrogens is 906 g/mol. The van der Waals surface area contributed by atoms with Crippen molar-refractivity contribution in [1.29, 1.82) is 0 Å². The van der Waals surface area contributed by atoms with Crippen LogP contribution in [0.4, 0.5) is 15.8 Å². The molecule has 370 valence electrons. The number of hydrogen-bond donors (Lipinski definition) is 4. The van der Waals surface area contributed by atoms with Crippen molar-refractivity contribution in [2.75, 3.05) is 25.5 Å². The van der Waals surface area contributed by atoms with Crippen LogP contribution in [0.5, 0.6) is 0 Å². The van der Waals surface area contributed by atoms with Crippen LogP contribution >= 0.6 is 0 Å². The summed E-state index contributed by atoms with van der Waals surface area (Å²) in [4.78, 5) is 63.9. The van der Waals surface area contributed by atoms with Crippen molar-refractivity contribution in [3.05, 3.63) is 184 Å². The predicted molar refractivity (Wildman–Crippen MR) is 271 cm³/mol. The molecule has 0 fully saturated rings. The lowest BCUT2D eigenvalue weighted by Crippen LogP contribution is -2.48. The number of quaternary nitrogens is 1. The number of aromatic amines is 1. The van der Waals surface area contributed by atoms with Crippen LogP contribution < -0.4 is 9.80 Å². The first kappa shape index (κ1) is 52.5. The van der Waals surface area contributed by atoms with E-state index in [0.717, 1.165) is 77.5 Å². The van der Waals surface area contributed by atoms with E-state index in [9.17, 15) is 38.6 Å². The maximum atomic E-state index is 13.4. The highest BCUT2D eigenvalue weighted by atomic mass is 19.1. The number of carbonyl (C=O) groups is 5. The second-order valence-electron chi connectivity index (χ2n) is 17.9. The summed E-state index contributed by atoms with van der Waals surface area (Å²) in [5.74, 6) is -5.86. The van der Waals surface area contributed by atoms with E-state index in [-0.39, 0.29) is 22.9 Å². The topological polar surface area (TPSA) is 190 Å². The van der Waals surface area contributed by atoms with E-state index in [1.165, 1.54) is 71.0 Å². The third-order valence-corrected chi connectivity index (χ3v) is 12.5. The number of likely N-dealkylation sites (N-methyl/N-ethyl adjacent to an activating group) is 1. The summed E-state index contributed by atoms with van der Waals surface area (Å²) in [7, 11) is 2.33. The maximum Gasteiger partial charge on any atom is 0.349 e. The maximum absolute atomic E-state index is 13.4. The van der Waals surface area contributed by atoms with Crippen LogP contribution in [-0.4, -0.2) is 87.1 Å². The fourth-order valence-electron chi connectivity index (χ4n) is 8.05. The summed E-state index contributed by atoms with van der Waals surface area (Å²) in [5, 5.41) is 27.3. The van der Waals surface area contributed by atoms with E-state index in [4.69, 9.17) is 9.47 Å². The number of carbonyl (C=O) groups excluding carboxylic acids is 3. The number of anilines is 1. The number of benzene rings is 5. The van der Waals surface area contributed by atoms with Crippen LogP contribution in [0.2, 0.25) is 0 Å². The van der Waals surface area contributed by atoms with Gasteiger partial charge in [0.15, 0.2) is 0 Å². The van der Waals surface area contributed by atoms with Gasteiger partial charge in [0.2, 0.25) is 12.2 Å². The van der Waals surface area contributed by atoms with Crippen LogP contribution in [0.15, 0.2) is 134 Å². The van der Waals surface area contributed by atoms with Gasteiger partial charge in [0.05, 0.1) is 37.5 Å². The Morgan fingerprint density at radius 1 is 0.746 bits per heavy atom. The first-order chi connectivity index (χ1) is 34.0. The Labute approximate surface area is 412 Å². The lowest BCUT2D eigenvalue weighted by atomic mass is 9.97. The molecule has 2 aromatic heterocycles. The van der Waals surface area contributed by atoms with E-state index < -0.39 is 36.1 Å².